The van der Waals surface area contributed by atoms with Gasteiger partial charge in [-0.15, -0.1) is 0 Å². The minimum atomic E-state index is -1.57. The molecule has 0 aromatic carbocycles. The van der Waals surface area contributed by atoms with Gasteiger partial charge in [-0.1, -0.05) is 178 Å². The van der Waals surface area contributed by atoms with E-state index in [-0.39, 0.29) is 12.5 Å². The average Bonchev–Trinajstić information content (AvgIpc) is 3.21. The summed E-state index contributed by atoms with van der Waals surface area (Å²) in [4.78, 5) is 12.9. The van der Waals surface area contributed by atoms with Gasteiger partial charge in [0.2, 0.25) is 5.91 Å². The van der Waals surface area contributed by atoms with Crippen LogP contribution < -0.4 is 5.32 Å². The zero-order valence-electron chi connectivity index (χ0n) is 36.3. The van der Waals surface area contributed by atoms with Gasteiger partial charge < -0.3 is 40.3 Å². The summed E-state index contributed by atoms with van der Waals surface area (Å²) in [7, 11) is 0. The van der Waals surface area contributed by atoms with Crippen molar-refractivity contribution in [3.8, 4) is 0 Å². The van der Waals surface area contributed by atoms with Crippen molar-refractivity contribution in [3.63, 3.8) is 0 Å². The Labute approximate surface area is 348 Å². The van der Waals surface area contributed by atoms with Gasteiger partial charge in [0.05, 0.1) is 25.4 Å². The molecule has 1 rings (SSSR count). The summed E-state index contributed by atoms with van der Waals surface area (Å²) < 4.78 is 11.1. The third-order valence-electron chi connectivity index (χ3n) is 10.9. The van der Waals surface area contributed by atoms with Crippen molar-refractivity contribution in [2.24, 2.45) is 0 Å². The van der Waals surface area contributed by atoms with Crippen molar-refractivity contribution in [2.75, 3.05) is 13.2 Å². The summed E-state index contributed by atoms with van der Waals surface area (Å²) in [6, 6.07) is -0.818. The molecule has 0 aromatic heterocycles. The second-order valence-corrected chi connectivity index (χ2v) is 16.2. The molecule has 1 saturated heterocycles. The molecular formula is C48H87NO8. The lowest BCUT2D eigenvalue weighted by Gasteiger charge is -2.40. The molecule has 1 amide bonds. The zero-order valence-corrected chi connectivity index (χ0v) is 36.3. The van der Waals surface area contributed by atoms with E-state index < -0.39 is 49.5 Å². The van der Waals surface area contributed by atoms with Gasteiger partial charge in [-0.25, -0.2) is 0 Å². The second kappa shape index (κ2) is 38.4. The van der Waals surface area contributed by atoms with Gasteiger partial charge in [0.25, 0.3) is 0 Å². The second-order valence-electron chi connectivity index (χ2n) is 16.2. The van der Waals surface area contributed by atoms with Crippen LogP contribution in [-0.2, 0) is 14.3 Å². The zero-order chi connectivity index (χ0) is 41.6. The van der Waals surface area contributed by atoms with E-state index >= 15 is 0 Å². The lowest BCUT2D eigenvalue weighted by molar-refractivity contribution is -0.302. The van der Waals surface area contributed by atoms with E-state index in [0.717, 1.165) is 51.4 Å². The monoisotopic (exact) mass is 806 g/mol. The highest BCUT2D eigenvalue weighted by Gasteiger charge is 2.44. The van der Waals surface area contributed by atoms with Gasteiger partial charge in [-0.2, -0.15) is 0 Å². The number of nitrogens with one attached hydrogen (secondary N) is 1. The van der Waals surface area contributed by atoms with Gasteiger partial charge in [0, 0.05) is 6.42 Å². The van der Waals surface area contributed by atoms with Crippen LogP contribution >= 0.6 is 0 Å². The maximum Gasteiger partial charge on any atom is 0.220 e. The van der Waals surface area contributed by atoms with Crippen LogP contribution in [0.3, 0.4) is 0 Å². The summed E-state index contributed by atoms with van der Waals surface area (Å²) in [5.74, 6) is -0.193. The number of aliphatic hydroxyl groups is 5. The number of hydrogen-bond donors (Lipinski definition) is 6. The molecule has 0 aromatic rings. The van der Waals surface area contributed by atoms with E-state index in [1.54, 1.807) is 6.08 Å². The average molecular weight is 806 g/mol. The number of ether oxygens (including phenoxy) is 2. The summed E-state index contributed by atoms with van der Waals surface area (Å²) >= 11 is 0. The molecule has 1 aliphatic heterocycles. The number of rotatable bonds is 38. The van der Waals surface area contributed by atoms with Gasteiger partial charge in [-0.3, -0.25) is 4.79 Å². The lowest BCUT2D eigenvalue weighted by atomic mass is 9.99. The summed E-state index contributed by atoms with van der Waals surface area (Å²) in [6.45, 7) is 3.63. The van der Waals surface area contributed by atoms with Crippen molar-refractivity contribution < 1.29 is 39.8 Å². The number of carbonyl (C=O) groups excluding carboxylic acids is 1. The molecule has 6 N–H and O–H groups in total. The Bertz CT molecular complexity index is 1030. The third-order valence-corrected chi connectivity index (χ3v) is 10.9. The lowest BCUT2D eigenvalue weighted by Crippen LogP contribution is -2.60. The fraction of sp³-hybridized carbons (Fsp3) is 0.812. The van der Waals surface area contributed by atoms with Crippen LogP contribution in [0.2, 0.25) is 0 Å². The predicted molar refractivity (Wildman–Crippen MR) is 235 cm³/mol. The molecule has 0 bridgehead atoms. The van der Waals surface area contributed by atoms with Crippen LogP contribution in [0.25, 0.3) is 0 Å². The number of carbonyl (C=O) groups is 1. The first-order valence-corrected chi connectivity index (χ1v) is 23.4. The van der Waals surface area contributed by atoms with E-state index in [4.69, 9.17) is 9.47 Å². The SMILES string of the molecule is CCC/C=C/CC/C=C/C(O)C(COC1OC(CO)C(O)C(O)C1O)NC(=O)CCCCCCCCCCCCCCCCC/C=C\C/C=C\CCCCCCC. The van der Waals surface area contributed by atoms with Crippen LogP contribution in [-0.4, -0.2) is 87.5 Å². The quantitative estimate of drug-likeness (QED) is 0.0267. The van der Waals surface area contributed by atoms with E-state index in [0.29, 0.717) is 6.42 Å². The molecule has 0 saturated carbocycles. The van der Waals surface area contributed by atoms with Crippen LogP contribution in [0, 0.1) is 0 Å². The van der Waals surface area contributed by atoms with Crippen molar-refractivity contribution in [3.05, 3.63) is 48.6 Å². The molecule has 332 valence electrons. The number of aliphatic hydroxyl groups excluding tert-OH is 5. The number of hydrogen-bond acceptors (Lipinski definition) is 8. The molecule has 1 heterocycles. The molecule has 7 unspecified atom stereocenters. The topological polar surface area (TPSA) is 149 Å². The molecule has 9 heteroatoms. The Hall–Kier alpha value is -1.85. The number of allylic oxidation sites excluding steroid dienone is 7. The molecule has 1 fully saturated rings. The fourth-order valence-electron chi connectivity index (χ4n) is 7.09. The van der Waals surface area contributed by atoms with E-state index in [1.165, 1.54) is 122 Å². The first-order chi connectivity index (χ1) is 27.8. The first kappa shape index (κ1) is 53.2. The molecular weight excluding hydrogens is 719 g/mol. The smallest absolute Gasteiger partial charge is 0.220 e. The Morgan fingerprint density at radius 3 is 1.63 bits per heavy atom. The van der Waals surface area contributed by atoms with E-state index in [1.807, 2.05) is 6.08 Å². The Balaban J connectivity index is 2.15. The van der Waals surface area contributed by atoms with Crippen LogP contribution in [0.4, 0.5) is 0 Å². The van der Waals surface area contributed by atoms with Crippen LogP contribution in [0.15, 0.2) is 48.6 Å². The molecule has 0 aliphatic carbocycles. The Morgan fingerprint density at radius 2 is 1.09 bits per heavy atom. The van der Waals surface area contributed by atoms with E-state index in [2.05, 4.69) is 55.6 Å². The van der Waals surface area contributed by atoms with Gasteiger partial charge in [0.1, 0.15) is 24.4 Å². The standard InChI is InChI=1S/C48H87NO8/c1-3-5-7-9-11-12-13-14-15-16-17-18-19-20-21-22-23-24-25-26-27-28-29-30-32-34-36-38-44(52)49-41(42(51)37-35-33-31-10-8-6-4-2)40-56-48-47(55)46(54)45(53)43(39-50)57-48/h8,10,13-14,16-17,35,37,41-43,45-48,50-51,53-55H,3-7,9,11-12,15,18-34,36,38-40H2,1-2H3,(H,49,52)/b10-8+,14-13-,17-16-,37-35+. The summed E-state index contributed by atoms with van der Waals surface area (Å²) in [6.07, 6.45) is 42.0. The van der Waals surface area contributed by atoms with Gasteiger partial charge in [-0.05, 0) is 57.8 Å². The van der Waals surface area contributed by atoms with E-state index in [9.17, 15) is 30.3 Å². The maximum atomic E-state index is 12.9. The third kappa shape index (κ3) is 29.1. The highest BCUT2D eigenvalue weighted by molar-refractivity contribution is 5.76. The maximum absolute atomic E-state index is 12.9. The van der Waals surface area contributed by atoms with Crippen molar-refractivity contribution in [2.45, 2.75) is 236 Å². The largest absolute Gasteiger partial charge is 0.394 e. The Morgan fingerprint density at radius 1 is 0.596 bits per heavy atom. The highest BCUT2D eigenvalue weighted by Crippen LogP contribution is 2.22. The molecule has 1 aliphatic rings. The molecule has 0 radical (unpaired) electrons. The molecule has 7 atom stereocenters. The minimum Gasteiger partial charge on any atom is -0.394 e. The van der Waals surface area contributed by atoms with Crippen molar-refractivity contribution in [1.82, 2.24) is 5.32 Å². The van der Waals surface area contributed by atoms with Crippen LogP contribution in [0.5, 0.6) is 0 Å². The fourth-order valence-corrected chi connectivity index (χ4v) is 7.09. The van der Waals surface area contributed by atoms with Crippen molar-refractivity contribution in [1.29, 1.82) is 0 Å². The molecule has 9 nitrogen and oxygen atoms in total. The van der Waals surface area contributed by atoms with Gasteiger partial charge in [0.15, 0.2) is 6.29 Å². The Kier molecular flexibility index (Phi) is 35.8. The predicted octanol–water partition coefficient (Wildman–Crippen LogP) is 9.84. The highest BCUT2D eigenvalue weighted by atomic mass is 16.7. The minimum absolute atomic E-state index is 0.193. The number of amides is 1. The summed E-state index contributed by atoms with van der Waals surface area (Å²) in [5, 5.41) is 53.8. The molecule has 0 spiro atoms. The van der Waals surface area contributed by atoms with Gasteiger partial charge >= 0.3 is 0 Å². The van der Waals surface area contributed by atoms with Crippen molar-refractivity contribution >= 4 is 5.91 Å². The van der Waals surface area contributed by atoms with Crippen LogP contribution in [0.1, 0.15) is 194 Å². The normalized spacial score (nSPS) is 21.4. The first-order valence-electron chi connectivity index (χ1n) is 23.4. The summed E-state index contributed by atoms with van der Waals surface area (Å²) in [5.41, 5.74) is 0. The number of unbranched alkanes of at least 4 members (excludes halogenated alkanes) is 22. The molecule has 57 heavy (non-hydrogen) atoms.